The van der Waals surface area contributed by atoms with E-state index in [-0.39, 0.29) is 53.8 Å². The number of amides is 1. The molecule has 1 aromatic heterocycles. The number of ether oxygens (including phenoxy) is 2. The number of fused-ring (bicyclic) bond motifs is 1. The fourth-order valence-corrected chi connectivity index (χ4v) is 5.22. The third-order valence-electron chi connectivity index (χ3n) is 5.62. The molecule has 0 radical (unpaired) electrons. The molecule has 4 rings (SSSR count). The second-order valence-electron chi connectivity index (χ2n) is 7.73. The average molecular weight is 463 g/mol. The zero-order chi connectivity index (χ0) is 22.9. The summed E-state index contributed by atoms with van der Waals surface area (Å²) in [6.07, 6.45) is 2.16. The van der Waals surface area contributed by atoms with Crippen molar-refractivity contribution >= 4 is 27.7 Å². The Hall–Kier alpha value is -2.76. The number of sulfonamides is 1. The van der Waals surface area contributed by atoms with E-state index in [4.69, 9.17) is 9.47 Å². The van der Waals surface area contributed by atoms with Crippen molar-refractivity contribution in [1.29, 1.82) is 0 Å². The summed E-state index contributed by atoms with van der Waals surface area (Å²) in [5, 5.41) is 7.14. The minimum atomic E-state index is -3.91. The Bertz CT molecular complexity index is 1150. The lowest BCUT2D eigenvalue weighted by molar-refractivity contribution is -0.116. The van der Waals surface area contributed by atoms with Gasteiger partial charge in [-0.2, -0.15) is 9.78 Å². The van der Waals surface area contributed by atoms with Gasteiger partial charge in [-0.1, -0.05) is 13.0 Å². The third kappa shape index (κ3) is 4.27. The van der Waals surface area contributed by atoms with Crippen molar-refractivity contribution in [2.24, 2.45) is 0 Å². The van der Waals surface area contributed by atoms with Gasteiger partial charge in [0.2, 0.25) is 21.8 Å². The molecule has 0 aliphatic carbocycles. The lowest BCUT2D eigenvalue weighted by atomic mass is 10.0. The summed E-state index contributed by atoms with van der Waals surface area (Å²) in [5.74, 6) is -0.139. The molecular weight excluding hydrogens is 436 g/mol. The predicted molar refractivity (Wildman–Crippen MR) is 116 cm³/mol. The lowest BCUT2D eigenvalue weighted by Gasteiger charge is -2.15. The number of carbonyl (C=O) groups excluding carboxylic acids is 2. The van der Waals surface area contributed by atoms with Crippen molar-refractivity contribution in [3.63, 3.8) is 0 Å². The van der Waals surface area contributed by atoms with Gasteiger partial charge in [0.05, 0.1) is 18.9 Å². The van der Waals surface area contributed by atoms with Crippen LogP contribution in [0, 0.1) is 0 Å². The molecule has 2 aromatic rings. The number of hydrogen-bond donors (Lipinski definition) is 2. The first kappa shape index (κ1) is 22.4. The number of carbonyl (C=O) groups is 2. The van der Waals surface area contributed by atoms with Crippen molar-refractivity contribution in [2.45, 2.75) is 50.0 Å². The number of anilines is 1. The van der Waals surface area contributed by atoms with Crippen LogP contribution in [0.15, 0.2) is 23.1 Å². The van der Waals surface area contributed by atoms with Crippen LogP contribution < -0.4 is 14.8 Å². The summed E-state index contributed by atoms with van der Waals surface area (Å²) < 4.78 is 40.8. The molecule has 2 aliphatic heterocycles. The molecule has 1 amide bonds. The molecule has 172 valence electrons. The van der Waals surface area contributed by atoms with Crippen LogP contribution >= 0.6 is 0 Å². The summed E-state index contributed by atoms with van der Waals surface area (Å²) in [5.41, 5.74) is 1.61. The molecule has 1 atom stereocenters. The second kappa shape index (κ2) is 9.00. The van der Waals surface area contributed by atoms with Crippen LogP contribution in [-0.4, -0.2) is 56.4 Å². The van der Waals surface area contributed by atoms with Crippen molar-refractivity contribution in [1.82, 2.24) is 14.5 Å². The predicted octanol–water partition coefficient (Wildman–Crippen LogP) is 1.95. The maximum atomic E-state index is 13.1. The molecule has 1 fully saturated rings. The Morgan fingerprint density at radius 3 is 2.81 bits per heavy atom. The van der Waals surface area contributed by atoms with E-state index in [9.17, 15) is 18.0 Å². The molecule has 0 spiro atoms. The van der Waals surface area contributed by atoms with E-state index in [1.807, 2.05) is 6.92 Å². The molecule has 1 aromatic carbocycles. The maximum absolute atomic E-state index is 13.1. The van der Waals surface area contributed by atoms with Gasteiger partial charge in [-0.3, -0.25) is 9.59 Å². The Kier molecular flexibility index (Phi) is 6.31. The number of aromatic nitrogens is 2. The van der Waals surface area contributed by atoms with Gasteiger partial charge in [0.1, 0.15) is 16.5 Å². The van der Waals surface area contributed by atoms with E-state index in [1.165, 1.54) is 17.9 Å². The first-order chi connectivity index (χ1) is 15.3. The monoisotopic (exact) mass is 462 g/mol. The molecule has 0 unspecified atom stereocenters. The lowest BCUT2D eigenvalue weighted by Crippen LogP contribution is -2.32. The van der Waals surface area contributed by atoms with E-state index < -0.39 is 10.0 Å². The van der Waals surface area contributed by atoms with Crippen LogP contribution in [0.25, 0.3) is 11.1 Å². The molecule has 0 saturated carbocycles. The number of methoxy groups -OCH3 is 1. The van der Waals surface area contributed by atoms with E-state index in [1.54, 1.807) is 12.1 Å². The Morgan fingerprint density at radius 2 is 2.12 bits per heavy atom. The summed E-state index contributed by atoms with van der Waals surface area (Å²) >= 11 is 0. The molecule has 2 N–H and O–H groups in total. The van der Waals surface area contributed by atoms with Gasteiger partial charge in [0.25, 0.3) is 0 Å². The average Bonchev–Trinajstić information content (AvgIpc) is 3.41. The van der Waals surface area contributed by atoms with Gasteiger partial charge in [0, 0.05) is 31.6 Å². The highest BCUT2D eigenvalue weighted by molar-refractivity contribution is 7.89. The van der Waals surface area contributed by atoms with Crippen molar-refractivity contribution in [3.8, 4) is 16.9 Å². The summed E-state index contributed by atoms with van der Waals surface area (Å²) in [7, 11) is -2.51. The summed E-state index contributed by atoms with van der Waals surface area (Å²) in [6, 6.07) is 4.73. The number of benzene rings is 1. The molecule has 11 heteroatoms. The highest BCUT2D eigenvalue weighted by Gasteiger charge is 2.29. The van der Waals surface area contributed by atoms with Crippen LogP contribution in [0.4, 0.5) is 5.82 Å². The topological polar surface area (TPSA) is 129 Å². The second-order valence-corrected chi connectivity index (χ2v) is 9.47. The summed E-state index contributed by atoms with van der Waals surface area (Å²) in [4.78, 5) is 24.6. The largest absolute Gasteiger partial charge is 0.495 e. The van der Waals surface area contributed by atoms with E-state index in [0.29, 0.717) is 29.8 Å². The standard InChI is InChI=1S/C21H26N4O6S/c1-3-15-20(21-23-18(26)8-9-19(27)25(21)24-15)13-6-7-16(30-2)17(11-13)32(28,29)22-12-14-5-4-10-31-14/h6-7,11,14,22H,3-5,8-10,12H2,1-2H3,(H,23,26)/t14-/m1/s1. The van der Waals surface area contributed by atoms with Gasteiger partial charge in [-0.25, -0.2) is 13.1 Å². The highest BCUT2D eigenvalue weighted by atomic mass is 32.2. The Balaban J connectivity index is 1.77. The van der Waals surface area contributed by atoms with Gasteiger partial charge < -0.3 is 14.8 Å². The number of nitrogens with zero attached hydrogens (tertiary/aromatic N) is 2. The third-order valence-corrected chi connectivity index (χ3v) is 7.06. The van der Waals surface area contributed by atoms with Crippen LogP contribution in [0.5, 0.6) is 5.75 Å². The van der Waals surface area contributed by atoms with Crippen molar-refractivity contribution in [2.75, 3.05) is 25.6 Å². The number of rotatable bonds is 7. The van der Waals surface area contributed by atoms with Gasteiger partial charge in [-0.05, 0) is 37.0 Å². The van der Waals surface area contributed by atoms with E-state index >= 15 is 0 Å². The zero-order valence-corrected chi connectivity index (χ0v) is 18.8. The fourth-order valence-electron chi connectivity index (χ4n) is 3.96. The first-order valence-electron chi connectivity index (χ1n) is 10.6. The summed E-state index contributed by atoms with van der Waals surface area (Å²) in [6.45, 7) is 2.67. The Labute approximate surface area is 186 Å². The van der Waals surface area contributed by atoms with Gasteiger partial charge >= 0.3 is 0 Å². The Morgan fingerprint density at radius 1 is 1.31 bits per heavy atom. The van der Waals surface area contributed by atoms with Gasteiger partial charge in [-0.15, -0.1) is 0 Å². The normalized spacial score (nSPS) is 18.9. The molecule has 3 heterocycles. The fraction of sp³-hybridized carbons (Fsp3) is 0.476. The van der Waals surface area contributed by atoms with E-state index in [2.05, 4.69) is 15.1 Å². The molecule has 2 aliphatic rings. The van der Waals surface area contributed by atoms with Crippen LogP contribution in [-0.2, 0) is 26.0 Å². The van der Waals surface area contributed by atoms with Gasteiger partial charge in [0.15, 0.2) is 0 Å². The van der Waals surface area contributed by atoms with Crippen LogP contribution in [0.2, 0.25) is 0 Å². The SMILES string of the molecule is CCc1nn2c(c1-c1ccc(OC)c(S(=O)(=O)NC[C@H]3CCCO3)c1)NC(=O)CCC2=O. The highest BCUT2D eigenvalue weighted by Crippen LogP contribution is 2.37. The smallest absolute Gasteiger partial charge is 0.249 e. The number of aryl methyl sites for hydroxylation is 1. The van der Waals surface area contributed by atoms with Crippen molar-refractivity contribution < 1.29 is 27.5 Å². The minimum absolute atomic E-state index is 0.0382. The maximum Gasteiger partial charge on any atom is 0.249 e. The quantitative estimate of drug-likeness (QED) is 0.643. The number of nitrogens with one attached hydrogen (secondary N) is 2. The molecule has 1 saturated heterocycles. The molecule has 0 bridgehead atoms. The van der Waals surface area contributed by atoms with E-state index in [0.717, 1.165) is 12.8 Å². The van der Waals surface area contributed by atoms with Crippen LogP contribution in [0.1, 0.15) is 43.1 Å². The van der Waals surface area contributed by atoms with Crippen LogP contribution in [0.3, 0.4) is 0 Å². The molecular formula is C21H26N4O6S. The first-order valence-corrected chi connectivity index (χ1v) is 12.1. The minimum Gasteiger partial charge on any atom is -0.495 e. The zero-order valence-electron chi connectivity index (χ0n) is 18.0. The molecule has 10 nitrogen and oxygen atoms in total. The molecule has 32 heavy (non-hydrogen) atoms. The number of hydrogen-bond acceptors (Lipinski definition) is 7. The van der Waals surface area contributed by atoms with Crippen molar-refractivity contribution in [3.05, 3.63) is 23.9 Å².